The Morgan fingerprint density at radius 3 is 2.35 bits per heavy atom. The lowest BCUT2D eigenvalue weighted by molar-refractivity contribution is -0.138. The Balaban J connectivity index is 2.40. The summed E-state index contributed by atoms with van der Waals surface area (Å²) in [5.41, 5.74) is -0.525. The number of hydrogen-bond acceptors (Lipinski definition) is 3. The van der Waals surface area contributed by atoms with Crippen LogP contribution in [0.15, 0.2) is 47.4 Å². The smallest absolute Gasteiger partial charge is 0.420 e. The highest BCUT2D eigenvalue weighted by molar-refractivity contribution is 7.92. The molecule has 0 saturated heterocycles. The molecule has 0 amide bonds. The summed E-state index contributed by atoms with van der Waals surface area (Å²) in [6.45, 7) is 1.72. The molecule has 0 aliphatic carbocycles. The quantitative estimate of drug-likeness (QED) is 0.916. The number of benzene rings is 2. The van der Waals surface area contributed by atoms with Gasteiger partial charge in [-0.3, -0.25) is 4.72 Å². The molecule has 0 bridgehead atoms. The third kappa shape index (κ3) is 3.95. The molecule has 0 aliphatic rings. The fourth-order valence-electron chi connectivity index (χ4n) is 1.99. The summed E-state index contributed by atoms with van der Waals surface area (Å²) >= 11 is 0. The molecule has 2 aromatic carbocycles. The molecule has 4 nitrogen and oxygen atoms in total. The molecule has 0 unspecified atom stereocenters. The molecule has 0 radical (unpaired) electrons. The zero-order chi connectivity index (χ0) is 17.3. The number of hydrogen-bond donors (Lipinski definition) is 1. The van der Waals surface area contributed by atoms with Gasteiger partial charge in [-0.25, -0.2) is 8.42 Å². The first kappa shape index (κ1) is 17.1. The summed E-state index contributed by atoms with van der Waals surface area (Å²) in [5.74, 6) is -0.379. The largest absolute Gasteiger partial charge is 0.496 e. The van der Waals surface area contributed by atoms with Crippen molar-refractivity contribution in [2.75, 3.05) is 11.8 Å². The molecule has 0 aliphatic heterocycles. The molecule has 8 heteroatoms. The van der Waals surface area contributed by atoms with Crippen LogP contribution in [0.4, 0.5) is 18.9 Å². The molecule has 0 aromatic heterocycles. The molecule has 23 heavy (non-hydrogen) atoms. The van der Waals surface area contributed by atoms with Crippen LogP contribution in [0.5, 0.6) is 5.75 Å². The molecule has 0 fully saturated rings. The zero-order valence-electron chi connectivity index (χ0n) is 12.3. The van der Waals surface area contributed by atoms with Gasteiger partial charge in [0.2, 0.25) is 0 Å². The van der Waals surface area contributed by atoms with Gasteiger partial charge < -0.3 is 4.74 Å². The maximum Gasteiger partial charge on any atom is 0.420 e. The van der Waals surface area contributed by atoms with Crippen LogP contribution in [0.3, 0.4) is 0 Å². The van der Waals surface area contributed by atoms with Crippen LogP contribution in [0.25, 0.3) is 0 Å². The number of rotatable bonds is 4. The lowest BCUT2D eigenvalue weighted by Crippen LogP contribution is -2.14. The molecular weight excluding hydrogens is 331 g/mol. The standard InChI is InChI=1S/C15H14F3NO3S/c1-10-4-3-5-12(8-10)23(20,21)19-11-6-7-14(22-2)13(9-11)15(16,17)18/h3-9,19H,1-2H3. The van der Waals surface area contributed by atoms with Crippen molar-refractivity contribution in [2.24, 2.45) is 0 Å². The second kappa shape index (κ2) is 6.11. The van der Waals surface area contributed by atoms with Crippen LogP contribution in [0, 0.1) is 6.92 Å². The van der Waals surface area contributed by atoms with Gasteiger partial charge in [0.05, 0.1) is 17.6 Å². The molecular formula is C15H14F3NO3S. The van der Waals surface area contributed by atoms with E-state index in [1.165, 1.54) is 18.2 Å². The minimum Gasteiger partial charge on any atom is -0.496 e. The van der Waals surface area contributed by atoms with E-state index < -0.39 is 21.8 Å². The minimum absolute atomic E-state index is 0.0260. The normalized spacial score (nSPS) is 12.0. The number of sulfonamides is 1. The summed E-state index contributed by atoms with van der Waals surface area (Å²) in [6.07, 6.45) is -4.66. The van der Waals surface area contributed by atoms with Crippen LogP contribution in [-0.2, 0) is 16.2 Å². The van der Waals surface area contributed by atoms with Crippen molar-refractivity contribution < 1.29 is 26.3 Å². The zero-order valence-corrected chi connectivity index (χ0v) is 13.1. The van der Waals surface area contributed by atoms with E-state index in [4.69, 9.17) is 0 Å². The first-order valence-electron chi connectivity index (χ1n) is 6.48. The molecule has 124 valence electrons. The minimum atomic E-state index is -4.66. The first-order chi connectivity index (χ1) is 10.6. The Morgan fingerprint density at radius 1 is 1.09 bits per heavy atom. The van der Waals surface area contributed by atoms with Crippen LogP contribution in [0.1, 0.15) is 11.1 Å². The van der Waals surface area contributed by atoms with Gasteiger partial charge in [-0.15, -0.1) is 0 Å². The topological polar surface area (TPSA) is 55.4 Å². The van der Waals surface area contributed by atoms with E-state index in [1.54, 1.807) is 19.1 Å². The molecule has 0 saturated carbocycles. The Hall–Kier alpha value is -2.22. The summed E-state index contributed by atoms with van der Waals surface area (Å²) in [4.78, 5) is -0.0260. The Labute approximate surface area is 132 Å². The number of halogens is 3. The number of alkyl halides is 3. The van der Waals surface area contributed by atoms with Crippen molar-refractivity contribution in [3.8, 4) is 5.75 Å². The van der Waals surface area contributed by atoms with Crippen molar-refractivity contribution >= 4 is 15.7 Å². The lowest BCUT2D eigenvalue weighted by atomic mass is 10.1. The van der Waals surface area contributed by atoms with Crippen molar-refractivity contribution in [1.29, 1.82) is 0 Å². The second-order valence-electron chi connectivity index (χ2n) is 4.83. The monoisotopic (exact) mass is 345 g/mol. The fraction of sp³-hybridized carbons (Fsp3) is 0.200. The van der Waals surface area contributed by atoms with E-state index in [-0.39, 0.29) is 16.3 Å². The maximum absolute atomic E-state index is 13.0. The van der Waals surface area contributed by atoms with Gasteiger partial charge in [-0.05, 0) is 42.8 Å². The Kier molecular flexibility index (Phi) is 4.56. The highest BCUT2D eigenvalue weighted by Crippen LogP contribution is 2.38. The van der Waals surface area contributed by atoms with Gasteiger partial charge >= 0.3 is 6.18 Å². The SMILES string of the molecule is COc1ccc(NS(=O)(=O)c2cccc(C)c2)cc1C(F)(F)F. The van der Waals surface area contributed by atoms with Crippen LogP contribution >= 0.6 is 0 Å². The Morgan fingerprint density at radius 2 is 1.78 bits per heavy atom. The summed E-state index contributed by atoms with van der Waals surface area (Å²) in [6, 6.07) is 9.04. The van der Waals surface area contributed by atoms with Gasteiger partial charge in [0.25, 0.3) is 10.0 Å². The molecule has 2 aromatic rings. The fourth-order valence-corrected chi connectivity index (χ4v) is 3.14. The molecule has 0 atom stereocenters. The third-order valence-corrected chi connectivity index (χ3v) is 4.44. The molecule has 0 heterocycles. The highest BCUT2D eigenvalue weighted by atomic mass is 32.2. The summed E-state index contributed by atoms with van der Waals surface area (Å²) in [7, 11) is -2.86. The second-order valence-corrected chi connectivity index (χ2v) is 6.52. The van der Waals surface area contributed by atoms with Crippen LogP contribution < -0.4 is 9.46 Å². The maximum atomic E-state index is 13.0. The number of nitrogens with one attached hydrogen (secondary N) is 1. The lowest BCUT2D eigenvalue weighted by Gasteiger charge is -2.14. The third-order valence-electron chi connectivity index (χ3n) is 3.06. The van der Waals surface area contributed by atoms with Gasteiger partial charge in [0.1, 0.15) is 5.75 Å². The van der Waals surface area contributed by atoms with Crippen molar-refractivity contribution in [2.45, 2.75) is 18.0 Å². The van der Waals surface area contributed by atoms with E-state index >= 15 is 0 Å². The van der Waals surface area contributed by atoms with E-state index in [1.807, 2.05) is 0 Å². The number of ether oxygens (including phenoxy) is 1. The van der Waals surface area contributed by atoms with Gasteiger partial charge in [-0.1, -0.05) is 12.1 Å². The molecule has 0 spiro atoms. The van der Waals surface area contributed by atoms with Crippen molar-refractivity contribution in [3.05, 3.63) is 53.6 Å². The highest BCUT2D eigenvalue weighted by Gasteiger charge is 2.34. The van der Waals surface area contributed by atoms with Gasteiger partial charge in [0, 0.05) is 5.69 Å². The van der Waals surface area contributed by atoms with Gasteiger partial charge in [-0.2, -0.15) is 13.2 Å². The van der Waals surface area contributed by atoms with E-state index in [2.05, 4.69) is 9.46 Å². The van der Waals surface area contributed by atoms with Crippen molar-refractivity contribution in [1.82, 2.24) is 0 Å². The number of aryl methyl sites for hydroxylation is 1. The van der Waals surface area contributed by atoms with Crippen molar-refractivity contribution in [3.63, 3.8) is 0 Å². The van der Waals surface area contributed by atoms with Crippen LogP contribution in [0.2, 0.25) is 0 Å². The molecule has 1 N–H and O–H groups in total. The van der Waals surface area contributed by atoms with Crippen LogP contribution in [-0.4, -0.2) is 15.5 Å². The predicted molar refractivity (Wildman–Crippen MR) is 80.0 cm³/mol. The Bertz CT molecular complexity index is 817. The summed E-state index contributed by atoms with van der Waals surface area (Å²) < 4.78 is 70.2. The first-order valence-corrected chi connectivity index (χ1v) is 7.96. The van der Waals surface area contributed by atoms with E-state index in [0.717, 1.165) is 18.7 Å². The average molecular weight is 345 g/mol. The predicted octanol–water partition coefficient (Wildman–Crippen LogP) is 3.82. The van der Waals surface area contributed by atoms with Gasteiger partial charge in [0.15, 0.2) is 0 Å². The van der Waals surface area contributed by atoms with E-state index in [9.17, 15) is 21.6 Å². The average Bonchev–Trinajstić information content (AvgIpc) is 2.46. The van der Waals surface area contributed by atoms with E-state index in [0.29, 0.717) is 6.07 Å². The molecule has 2 rings (SSSR count). The number of anilines is 1. The summed E-state index contributed by atoms with van der Waals surface area (Å²) in [5, 5.41) is 0. The number of methoxy groups -OCH3 is 1.